The lowest BCUT2D eigenvalue weighted by Crippen LogP contribution is -2.38. The molecule has 1 atom stereocenters. The second-order valence-corrected chi connectivity index (χ2v) is 4.61. The van der Waals surface area contributed by atoms with Gasteiger partial charge >= 0.3 is 5.97 Å². The Morgan fingerprint density at radius 2 is 1.53 bits per heavy atom. The molecule has 0 rings (SSSR count). The highest BCUT2D eigenvalue weighted by Gasteiger charge is 2.30. The number of hydrogen-bond donors (Lipinski definition) is 2. The molecule has 0 aliphatic rings. The third-order valence-corrected chi connectivity index (χ3v) is 2.78. The van der Waals surface area contributed by atoms with Crippen LogP contribution < -0.4 is 0 Å². The van der Waals surface area contributed by atoms with E-state index in [0.29, 0.717) is 6.61 Å². The average Bonchev–Trinajstić information content (AvgIpc) is 2.26. The first kappa shape index (κ1) is 16.4. The summed E-state index contributed by atoms with van der Waals surface area (Å²) in [7, 11) is 0. The predicted octanol–water partition coefficient (Wildman–Crippen LogP) is 2.94. The van der Waals surface area contributed by atoms with Gasteiger partial charge in [-0.1, -0.05) is 51.9 Å². The molecular formula is C13H26O4. The number of carboxylic acid groups (broad SMARTS) is 1. The number of ether oxygens (including phenoxy) is 1. The van der Waals surface area contributed by atoms with Gasteiger partial charge in [-0.05, 0) is 6.42 Å². The van der Waals surface area contributed by atoms with Gasteiger partial charge < -0.3 is 14.9 Å². The van der Waals surface area contributed by atoms with E-state index in [2.05, 4.69) is 6.92 Å². The third-order valence-electron chi connectivity index (χ3n) is 2.78. The highest BCUT2D eigenvalue weighted by Crippen LogP contribution is 2.10. The van der Waals surface area contributed by atoms with Gasteiger partial charge in [-0.3, -0.25) is 0 Å². The molecule has 0 spiro atoms. The van der Waals surface area contributed by atoms with Crippen LogP contribution >= 0.6 is 0 Å². The molecule has 0 amide bonds. The van der Waals surface area contributed by atoms with Gasteiger partial charge in [0.2, 0.25) is 0 Å². The van der Waals surface area contributed by atoms with Gasteiger partial charge in [0.1, 0.15) is 0 Å². The number of aliphatic hydroxyl groups is 1. The van der Waals surface area contributed by atoms with E-state index in [-0.39, 0.29) is 0 Å². The molecular weight excluding hydrogens is 220 g/mol. The Morgan fingerprint density at radius 1 is 1.06 bits per heavy atom. The van der Waals surface area contributed by atoms with Crippen LogP contribution in [-0.2, 0) is 9.53 Å². The molecule has 4 nitrogen and oxygen atoms in total. The highest BCUT2D eigenvalue weighted by atomic mass is 16.6. The smallest absolute Gasteiger partial charge is 0.363 e. The first-order chi connectivity index (χ1) is 8.00. The minimum Gasteiger partial charge on any atom is -0.477 e. The van der Waals surface area contributed by atoms with E-state index in [1.807, 2.05) is 0 Å². The molecule has 0 aromatic rings. The quantitative estimate of drug-likeness (QED) is 0.434. The molecule has 0 radical (unpaired) electrons. The van der Waals surface area contributed by atoms with Gasteiger partial charge in [0.15, 0.2) is 0 Å². The second kappa shape index (κ2) is 9.42. The fourth-order valence-corrected chi connectivity index (χ4v) is 1.57. The molecule has 0 aromatic carbocycles. The zero-order chi connectivity index (χ0) is 13.1. The molecule has 0 saturated heterocycles. The Labute approximate surface area is 104 Å². The largest absolute Gasteiger partial charge is 0.477 e. The predicted molar refractivity (Wildman–Crippen MR) is 66.8 cm³/mol. The number of carboxylic acids is 1. The summed E-state index contributed by atoms with van der Waals surface area (Å²) in [4.78, 5) is 10.5. The summed E-state index contributed by atoms with van der Waals surface area (Å²) in [5.74, 6) is -3.38. The van der Waals surface area contributed by atoms with Gasteiger partial charge in [0.05, 0.1) is 6.61 Å². The molecule has 1 unspecified atom stereocenters. The molecule has 4 heteroatoms. The number of unbranched alkanes of at least 4 members (excludes halogenated alkanes) is 7. The van der Waals surface area contributed by atoms with Crippen molar-refractivity contribution in [2.45, 2.75) is 71.0 Å². The molecule has 0 saturated carbocycles. The summed E-state index contributed by atoms with van der Waals surface area (Å²) in [6.45, 7) is 3.65. The van der Waals surface area contributed by atoms with Crippen molar-refractivity contribution in [1.29, 1.82) is 0 Å². The fraction of sp³-hybridized carbons (Fsp3) is 0.923. The molecule has 0 aliphatic heterocycles. The maximum absolute atomic E-state index is 10.5. The minimum absolute atomic E-state index is 0.300. The van der Waals surface area contributed by atoms with Crippen molar-refractivity contribution < 1.29 is 19.7 Å². The topological polar surface area (TPSA) is 66.8 Å². The number of carbonyl (C=O) groups is 1. The minimum atomic E-state index is -2.04. The molecule has 0 bridgehead atoms. The van der Waals surface area contributed by atoms with Crippen molar-refractivity contribution in [3.05, 3.63) is 0 Å². The molecule has 0 aliphatic carbocycles. The van der Waals surface area contributed by atoms with E-state index in [0.717, 1.165) is 26.2 Å². The van der Waals surface area contributed by atoms with Crippen molar-refractivity contribution in [3.8, 4) is 0 Å². The van der Waals surface area contributed by atoms with Crippen molar-refractivity contribution >= 4 is 5.97 Å². The lowest BCUT2D eigenvalue weighted by atomic mass is 10.1. The van der Waals surface area contributed by atoms with E-state index in [4.69, 9.17) is 9.84 Å². The normalized spacial score (nSPS) is 14.5. The van der Waals surface area contributed by atoms with Crippen molar-refractivity contribution in [1.82, 2.24) is 0 Å². The zero-order valence-corrected chi connectivity index (χ0v) is 11.1. The Hall–Kier alpha value is -0.610. The lowest BCUT2D eigenvalue weighted by Gasteiger charge is -2.18. The van der Waals surface area contributed by atoms with E-state index in [1.165, 1.54) is 32.1 Å². The number of hydrogen-bond acceptors (Lipinski definition) is 3. The van der Waals surface area contributed by atoms with E-state index < -0.39 is 11.8 Å². The lowest BCUT2D eigenvalue weighted by molar-refractivity contribution is -0.216. The van der Waals surface area contributed by atoms with Crippen LogP contribution in [0.15, 0.2) is 0 Å². The molecule has 2 N–H and O–H groups in total. The van der Waals surface area contributed by atoms with Gasteiger partial charge in [-0.25, -0.2) is 4.79 Å². The van der Waals surface area contributed by atoms with Crippen LogP contribution in [0.4, 0.5) is 0 Å². The molecule has 17 heavy (non-hydrogen) atoms. The van der Waals surface area contributed by atoms with Crippen LogP contribution in [0.1, 0.15) is 65.2 Å². The van der Waals surface area contributed by atoms with Gasteiger partial charge in [0.25, 0.3) is 5.79 Å². The zero-order valence-electron chi connectivity index (χ0n) is 11.1. The van der Waals surface area contributed by atoms with Crippen LogP contribution in [0.2, 0.25) is 0 Å². The molecule has 0 aromatic heterocycles. The van der Waals surface area contributed by atoms with E-state index in [1.54, 1.807) is 0 Å². The van der Waals surface area contributed by atoms with Crippen LogP contribution in [0.25, 0.3) is 0 Å². The fourth-order valence-electron chi connectivity index (χ4n) is 1.57. The molecule has 0 fully saturated rings. The molecule has 102 valence electrons. The second-order valence-electron chi connectivity index (χ2n) is 4.61. The standard InChI is InChI=1S/C13H26O4/c1-3-4-5-6-7-8-9-10-11-17-13(2,16)12(14)15/h16H,3-11H2,1-2H3,(H,14,15). The average molecular weight is 246 g/mol. The summed E-state index contributed by atoms with van der Waals surface area (Å²) < 4.78 is 4.89. The van der Waals surface area contributed by atoms with E-state index >= 15 is 0 Å². The van der Waals surface area contributed by atoms with Crippen LogP contribution in [0, 0.1) is 0 Å². The molecule has 0 heterocycles. The van der Waals surface area contributed by atoms with Crippen LogP contribution in [0.5, 0.6) is 0 Å². The summed E-state index contributed by atoms with van der Waals surface area (Å²) >= 11 is 0. The number of aliphatic carboxylic acids is 1. The van der Waals surface area contributed by atoms with Crippen molar-refractivity contribution in [3.63, 3.8) is 0 Å². The van der Waals surface area contributed by atoms with Gasteiger partial charge in [-0.2, -0.15) is 0 Å². The Kier molecular flexibility index (Phi) is 9.09. The van der Waals surface area contributed by atoms with Crippen molar-refractivity contribution in [2.75, 3.05) is 6.61 Å². The third kappa shape index (κ3) is 9.12. The van der Waals surface area contributed by atoms with E-state index in [9.17, 15) is 9.90 Å². The Balaban J connectivity index is 3.27. The van der Waals surface area contributed by atoms with Gasteiger partial charge in [0, 0.05) is 6.92 Å². The maximum Gasteiger partial charge on any atom is 0.363 e. The maximum atomic E-state index is 10.5. The highest BCUT2D eigenvalue weighted by molar-refractivity contribution is 5.74. The summed E-state index contributed by atoms with van der Waals surface area (Å²) in [6, 6.07) is 0. The van der Waals surface area contributed by atoms with Crippen LogP contribution in [0.3, 0.4) is 0 Å². The van der Waals surface area contributed by atoms with Crippen LogP contribution in [-0.4, -0.2) is 28.6 Å². The summed E-state index contributed by atoms with van der Waals surface area (Å²) in [5.41, 5.74) is 0. The van der Waals surface area contributed by atoms with Gasteiger partial charge in [-0.15, -0.1) is 0 Å². The first-order valence-electron chi connectivity index (χ1n) is 6.60. The SMILES string of the molecule is CCCCCCCCCCOC(C)(O)C(=O)O. The monoisotopic (exact) mass is 246 g/mol. The number of rotatable bonds is 11. The summed E-state index contributed by atoms with van der Waals surface area (Å²) in [6.07, 6.45) is 9.38. The summed E-state index contributed by atoms with van der Waals surface area (Å²) in [5, 5.41) is 17.9. The Morgan fingerprint density at radius 3 is 2.00 bits per heavy atom. The van der Waals surface area contributed by atoms with Crippen molar-refractivity contribution in [2.24, 2.45) is 0 Å². The first-order valence-corrected chi connectivity index (χ1v) is 6.60. The Bertz CT molecular complexity index is 202.